The topological polar surface area (TPSA) is 29.4 Å². The van der Waals surface area contributed by atoms with Gasteiger partial charge in [0.2, 0.25) is 6.08 Å². The van der Waals surface area contributed by atoms with Crippen LogP contribution in [0.25, 0.3) is 0 Å². The van der Waals surface area contributed by atoms with E-state index in [0.29, 0.717) is 6.54 Å². The Morgan fingerprint density at radius 3 is 3.12 bits per heavy atom. The van der Waals surface area contributed by atoms with Gasteiger partial charge in [0.15, 0.2) is 0 Å². The standard InChI is InChI=1S/C5H7NOS/c1-8-4-2-3-6-5-7/h2,4H,3H2,1H3. The second-order valence-electron chi connectivity index (χ2n) is 1.04. The first kappa shape index (κ1) is 7.47. The largest absolute Gasteiger partial charge is 0.235 e. The van der Waals surface area contributed by atoms with Gasteiger partial charge in [-0.15, -0.1) is 11.8 Å². The van der Waals surface area contributed by atoms with E-state index in [1.54, 1.807) is 17.8 Å². The van der Waals surface area contributed by atoms with Gasteiger partial charge in [0.05, 0.1) is 6.54 Å². The van der Waals surface area contributed by atoms with Crippen LogP contribution in [0.15, 0.2) is 16.5 Å². The van der Waals surface area contributed by atoms with E-state index in [1.807, 2.05) is 11.7 Å². The minimum absolute atomic E-state index is 0.449. The highest BCUT2D eigenvalue weighted by Gasteiger charge is 1.66. The van der Waals surface area contributed by atoms with Gasteiger partial charge in [-0.25, -0.2) is 9.79 Å². The van der Waals surface area contributed by atoms with Crippen molar-refractivity contribution in [2.75, 3.05) is 12.8 Å². The summed E-state index contributed by atoms with van der Waals surface area (Å²) in [5.41, 5.74) is 0. The molecule has 0 N–H and O–H groups in total. The lowest BCUT2D eigenvalue weighted by Gasteiger charge is -1.74. The Morgan fingerprint density at radius 1 is 1.88 bits per heavy atom. The van der Waals surface area contributed by atoms with Crippen LogP contribution in [0.2, 0.25) is 0 Å². The van der Waals surface area contributed by atoms with Gasteiger partial charge in [0, 0.05) is 0 Å². The molecule has 0 saturated heterocycles. The third-order valence-electron chi connectivity index (χ3n) is 0.494. The van der Waals surface area contributed by atoms with Crippen molar-refractivity contribution in [2.24, 2.45) is 4.99 Å². The first-order valence-electron chi connectivity index (χ1n) is 2.13. The van der Waals surface area contributed by atoms with E-state index in [0.717, 1.165) is 0 Å². The third kappa shape index (κ3) is 5.47. The fraction of sp³-hybridized carbons (Fsp3) is 0.400. The molecule has 0 aromatic carbocycles. The van der Waals surface area contributed by atoms with Crippen LogP contribution in [0.5, 0.6) is 0 Å². The summed E-state index contributed by atoms with van der Waals surface area (Å²) in [4.78, 5) is 12.7. The Labute approximate surface area is 52.7 Å². The van der Waals surface area contributed by atoms with E-state index in [1.165, 1.54) is 6.08 Å². The molecule has 0 aliphatic heterocycles. The van der Waals surface area contributed by atoms with Gasteiger partial charge in [0.1, 0.15) is 0 Å². The smallest absolute Gasteiger partial charge is 0.211 e. The Bertz CT molecular complexity index is 116. The van der Waals surface area contributed by atoms with Crippen molar-refractivity contribution in [3.8, 4) is 0 Å². The zero-order valence-electron chi connectivity index (χ0n) is 4.63. The van der Waals surface area contributed by atoms with Crippen LogP contribution in [-0.4, -0.2) is 18.9 Å². The summed E-state index contributed by atoms with van der Waals surface area (Å²) in [6.45, 7) is 0.449. The summed E-state index contributed by atoms with van der Waals surface area (Å²) in [5.74, 6) is 0. The molecular weight excluding hydrogens is 122 g/mol. The van der Waals surface area contributed by atoms with Crippen LogP contribution in [0.4, 0.5) is 0 Å². The molecule has 0 bridgehead atoms. The molecule has 0 fully saturated rings. The van der Waals surface area contributed by atoms with Gasteiger partial charge in [-0.2, -0.15) is 0 Å². The van der Waals surface area contributed by atoms with Crippen LogP contribution in [0.1, 0.15) is 0 Å². The van der Waals surface area contributed by atoms with Gasteiger partial charge in [-0.3, -0.25) is 0 Å². The maximum Gasteiger partial charge on any atom is 0.235 e. The highest BCUT2D eigenvalue weighted by molar-refractivity contribution is 8.01. The minimum atomic E-state index is 0.449. The molecule has 0 unspecified atom stereocenters. The SMILES string of the molecule is CSC=CCN=C=O. The normalized spacial score (nSPS) is 9.12. The fourth-order valence-corrected chi connectivity index (χ4v) is 0.508. The maximum absolute atomic E-state index is 9.44. The first-order valence-corrected chi connectivity index (χ1v) is 3.42. The molecule has 0 aliphatic rings. The average molecular weight is 129 g/mol. The molecule has 0 aliphatic carbocycles. The van der Waals surface area contributed by atoms with Crippen molar-refractivity contribution in [1.82, 2.24) is 0 Å². The van der Waals surface area contributed by atoms with Gasteiger partial charge < -0.3 is 0 Å². The lowest BCUT2D eigenvalue weighted by molar-refractivity contribution is 0.564. The number of nitrogens with zero attached hydrogens (tertiary/aromatic N) is 1. The van der Waals surface area contributed by atoms with Crippen LogP contribution in [0.3, 0.4) is 0 Å². The van der Waals surface area contributed by atoms with Crippen molar-refractivity contribution in [1.29, 1.82) is 0 Å². The van der Waals surface area contributed by atoms with Gasteiger partial charge in [-0.1, -0.05) is 6.08 Å². The molecule has 0 rings (SSSR count). The van der Waals surface area contributed by atoms with E-state index in [4.69, 9.17) is 0 Å². The fourth-order valence-electron chi connectivity index (χ4n) is 0.229. The summed E-state index contributed by atoms with van der Waals surface area (Å²) in [6, 6.07) is 0. The maximum atomic E-state index is 9.44. The van der Waals surface area contributed by atoms with E-state index < -0.39 is 0 Å². The highest BCUT2D eigenvalue weighted by Crippen LogP contribution is 1.91. The van der Waals surface area contributed by atoms with Crippen molar-refractivity contribution < 1.29 is 4.79 Å². The Kier molecular flexibility index (Phi) is 6.04. The predicted octanol–water partition coefficient (Wildman–Crippen LogP) is 1.20. The number of isocyanates is 1. The second-order valence-corrected chi connectivity index (χ2v) is 1.78. The molecule has 0 heterocycles. The summed E-state index contributed by atoms with van der Waals surface area (Å²) in [5, 5.41) is 1.88. The Morgan fingerprint density at radius 2 is 2.62 bits per heavy atom. The summed E-state index contributed by atoms with van der Waals surface area (Å²) >= 11 is 1.58. The highest BCUT2D eigenvalue weighted by atomic mass is 32.2. The molecule has 3 heteroatoms. The van der Waals surface area contributed by atoms with Gasteiger partial charge in [0.25, 0.3) is 0 Å². The minimum Gasteiger partial charge on any atom is -0.211 e. The molecule has 0 radical (unpaired) electrons. The summed E-state index contributed by atoms with van der Waals surface area (Å²) in [6.07, 6.45) is 5.19. The Balaban J connectivity index is 3.15. The Hall–Kier alpha value is -0.530. The molecular formula is C5H7NOS. The van der Waals surface area contributed by atoms with Crippen LogP contribution >= 0.6 is 11.8 Å². The van der Waals surface area contributed by atoms with Gasteiger partial charge in [-0.05, 0) is 11.7 Å². The number of thioether (sulfide) groups is 1. The van der Waals surface area contributed by atoms with E-state index in [-0.39, 0.29) is 0 Å². The monoisotopic (exact) mass is 129 g/mol. The number of hydrogen-bond donors (Lipinski definition) is 0. The predicted molar refractivity (Wildman–Crippen MR) is 35.6 cm³/mol. The second kappa shape index (κ2) is 6.47. The first-order chi connectivity index (χ1) is 3.91. The third-order valence-corrected chi connectivity index (χ3v) is 0.958. The molecule has 0 aromatic heterocycles. The molecule has 2 nitrogen and oxygen atoms in total. The van der Waals surface area contributed by atoms with Crippen molar-refractivity contribution in [3.63, 3.8) is 0 Å². The molecule has 0 aromatic rings. The molecule has 0 atom stereocenters. The molecule has 0 spiro atoms. The van der Waals surface area contributed by atoms with Crippen molar-refractivity contribution in [3.05, 3.63) is 11.5 Å². The van der Waals surface area contributed by atoms with Crippen LogP contribution in [0, 0.1) is 0 Å². The quantitative estimate of drug-likeness (QED) is 0.423. The van der Waals surface area contributed by atoms with E-state index >= 15 is 0 Å². The lowest BCUT2D eigenvalue weighted by atomic mass is 10.7. The van der Waals surface area contributed by atoms with E-state index in [9.17, 15) is 4.79 Å². The van der Waals surface area contributed by atoms with Crippen molar-refractivity contribution >= 4 is 17.8 Å². The number of carbonyl (C=O) groups excluding carboxylic acids is 1. The number of rotatable bonds is 3. The van der Waals surface area contributed by atoms with Crippen LogP contribution < -0.4 is 0 Å². The molecule has 0 amide bonds. The summed E-state index contributed by atoms with van der Waals surface area (Å²) < 4.78 is 0. The van der Waals surface area contributed by atoms with E-state index in [2.05, 4.69) is 4.99 Å². The van der Waals surface area contributed by atoms with Crippen molar-refractivity contribution in [2.45, 2.75) is 0 Å². The van der Waals surface area contributed by atoms with Crippen LogP contribution in [-0.2, 0) is 4.79 Å². The molecule has 0 saturated carbocycles. The number of aliphatic imine (C=N–C) groups is 1. The zero-order chi connectivity index (χ0) is 6.24. The van der Waals surface area contributed by atoms with Gasteiger partial charge >= 0.3 is 0 Å². The average Bonchev–Trinajstić information content (AvgIpc) is 1.81. The zero-order valence-corrected chi connectivity index (χ0v) is 5.44. The lowest BCUT2D eigenvalue weighted by Crippen LogP contribution is -1.65. The summed E-state index contributed by atoms with van der Waals surface area (Å²) in [7, 11) is 0. The molecule has 44 valence electrons. The number of hydrogen-bond acceptors (Lipinski definition) is 3. The molecule has 8 heavy (non-hydrogen) atoms.